The third-order valence-electron chi connectivity index (χ3n) is 3.84. The molecule has 126 valence electrons. The van der Waals surface area contributed by atoms with E-state index in [1.807, 2.05) is 13.8 Å². The van der Waals surface area contributed by atoms with Crippen LogP contribution in [0.3, 0.4) is 0 Å². The van der Waals surface area contributed by atoms with Gasteiger partial charge in [0.25, 0.3) is 0 Å². The summed E-state index contributed by atoms with van der Waals surface area (Å²) in [5.74, 6) is 1.71. The van der Waals surface area contributed by atoms with Crippen LogP contribution in [-0.4, -0.2) is 28.7 Å². The molecule has 8 heteroatoms. The topological polar surface area (TPSA) is 81.4 Å². The minimum atomic E-state index is -1.38. The SMILES string of the molecule is COc1ccc2[n-]c([S+]([O-])Cc3ncc(C)c(OC)c3C)nc2c1.[K+]. The zero-order valence-corrected chi connectivity index (χ0v) is 18.9. The van der Waals surface area contributed by atoms with Crippen molar-refractivity contribution in [1.82, 2.24) is 15.0 Å². The van der Waals surface area contributed by atoms with Crippen molar-refractivity contribution in [3.8, 4) is 11.5 Å². The summed E-state index contributed by atoms with van der Waals surface area (Å²) in [6, 6.07) is 5.39. The average molecular weight is 384 g/mol. The van der Waals surface area contributed by atoms with Crippen molar-refractivity contribution in [2.45, 2.75) is 24.8 Å². The van der Waals surface area contributed by atoms with E-state index in [1.54, 1.807) is 38.6 Å². The molecule has 0 aliphatic heterocycles. The molecule has 0 fully saturated rings. The van der Waals surface area contributed by atoms with Crippen molar-refractivity contribution < 1.29 is 65.4 Å². The summed E-state index contributed by atoms with van der Waals surface area (Å²) in [5.41, 5.74) is 3.94. The molecular weight excluding hydrogens is 365 g/mol. The van der Waals surface area contributed by atoms with Crippen LogP contribution in [0, 0.1) is 13.8 Å². The Morgan fingerprint density at radius 2 is 1.96 bits per heavy atom. The van der Waals surface area contributed by atoms with Gasteiger partial charge in [0.1, 0.15) is 16.7 Å². The van der Waals surface area contributed by atoms with Gasteiger partial charge in [0.05, 0.1) is 19.9 Å². The van der Waals surface area contributed by atoms with Crippen LogP contribution < -0.4 is 65.8 Å². The van der Waals surface area contributed by atoms with E-state index < -0.39 is 11.2 Å². The molecule has 0 N–H and O–H groups in total. The van der Waals surface area contributed by atoms with Crippen LogP contribution in [0.4, 0.5) is 0 Å². The van der Waals surface area contributed by atoms with Crippen molar-refractivity contribution in [3.05, 3.63) is 41.2 Å². The molecule has 3 aromatic rings. The predicted octanol–water partition coefficient (Wildman–Crippen LogP) is -0.467. The third-order valence-corrected chi connectivity index (χ3v) is 4.96. The van der Waals surface area contributed by atoms with Crippen LogP contribution in [0.1, 0.15) is 16.8 Å². The zero-order valence-electron chi connectivity index (χ0n) is 15.0. The summed E-state index contributed by atoms with van der Waals surface area (Å²) in [7, 11) is 3.21. The number of hydrogen-bond donors (Lipinski definition) is 0. The standard InChI is InChI=1S/C17H18N3O3S.K/c1-10-8-18-15(11(2)16(10)23-4)9-24(21)17-19-13-6-5-12(22-3)7-14(13)20-17;/h5-8H,9H2,1-4H3;/q-1;+1. The Morgan fingerprint density at radius 3 is 2.64 bits per heavy atom. The quantitative estimate of drug-likeness (QED) is 0.438. The van der Waals surface area contributed by atoms with Crippen molar-refractivity contribution in [2.24, 2.45) is 0 Å². The van der Waals surface area contributed by atoms with Gasteiger partial charge in [-0.25, -0.2) is 0 Å². The Bertz CT molecular complexity index is 885. The van der Waals surface area contributed by atoms with Gasteiger partial charge in [0.15, 0.2) is 5.75 Å². The second-order valence-electron chi connectivity index (χ2n) is 5.40. The van der Waals surface area contributed by atoms with E-state index in [1.165, 1.54) is 0 Å². The molecule has 0 aliphatic carbocycles. The molecule has 0 aliphatic rings. The molecule has 0 amide bonds. The van der Waals surface area contributed by atoms with Gasteiger partial charge in [-0.15, -0.1) is 0 Å². The van der Waals surface area contributed by atoms with Crippen molar-refractivity contribution in [2.75, 3.05) is 14.2 Å². The molecule has 0 saturated carbocycles. The summed E-state index contributed by atoms with van der Waals surface area (Å²) in [4.78, 5) is 13.1. The fourth-order valence-electron chi connectivity index (χ4n) is 2.55. The number of rotatable bonds is 5. The van der Waals surface area contributed by atoms with Crippen molar-refractivity contribution >= 4 is 22.2 Å². The number of aryl methyl sites for hydroxylation is 1. The maximum atomic E-state index is 12.6. The maximum Gasteiger partial charge on any atom is 1.00 e. The number of hydrogen-bond acceptors (Lipinski definition) is 5. The summed E-state index contributed by atoms with van der Waals surface area (Å²) < 4.78 is 23.2. The molecule has 3 rings (SSSR count). The van der Waals surface area contributed by atoms with Crippen molar-refractivity contribution in [3.63, 3.8) is 0 Å². The first-order valence-corrected chi connectivity index (χ1v) is 8.71. The first-order chi connectivity index (χ1) is 11.5. The molecule has 0 spiro atoms. The van der Waals surface area contributed by atoms with Gasteiger partial charge in [0.2, 0.25) is 0 Å². The number of benzene rings is 1. The molecule has 2 aromatic heterocycles. The Balaban J connectivity index is 0.00000225. The second-order valence-corrected chi connectivity index (χ2v) is 6.74. The predicted molar refractivity (Wildman–Crippen MR) is 92.0 cm³/mol. The van der Waals surface area contributed by atoms with Gasteiger partial charge in [-0.05, 0) is 48.2 Å². The molecule has 6 nitrogen and oxygen atoms in total. The zero-order chi connectivity index (χ0) is 17.3. The molecule has 0 saturated heterocycles. The molecule has 0 radical (unpaired) electrons. The average Bonchev–Trinajstić information content (AvgIpc) is 3.01. The molecule has 0 bridgehead atoms. The first kappa shape index (κ1) is 20.7. The van der Waals surface area contributed by atoms with E-state index in [0.717, 1.165) is 22.6 Å². The fraction of sp³-hybridized carbons (Fsp3) is 0.294. The van der Waals surface area contributed by atoms with Gasteiger partial charge in [0, 0.05) is 17.3 Å². The Hall–Kier alpha value is -0.614. The van der Waals surface area contributed by atoms with E-state index >= 15 is 0 Å². The summed E-state index contributed by atoms with van der Waals surface area (Å²) in [5, 5.41) is 0.305. The van der Waals surface area contributed by atoms with Gasteiger partial charge in [-0.2, -0.15) is 0 Å². The number of fused-ring (bicyclic) bond motifs is 1. The third kappa shape index (κ3) is 4.39. The summed E-state index contributed by atoms with van der Waals surface area (Å²) in [6.45, 7) is 3.85. The Kier molecular flexibility index (Phi) is 7.33. The number of ether oxygens (including phenoxy) is 2. The van der Waals surface area contributed by atoms with Gasteiger partial charge >= 0.3 is 51.4 Å². The van der Waals surface area contributed by atoms with E-state index in [0.29, 0.717) is 21.9 Å². The van der Waals surface area contributed by atoms with Crippen LogP contribution in [0.5, 0.6) is 11.5 Å². The van der Waals surface area contributed by atoms with Gasteiger partial charge in [-0.1, -0.05) is 6.07 Å². The van der Waals surface area contributed by atoms with Crippen LogP contribution in [0.2, 0.25) is 0 Å². The number of aromatic nitrogens is 3. The van der Waals surface area contributed by atoms with E-state index in [9.17, 15) is 4.55 Å². The van der Waals surface area contributed by atoms with Crippen LogP contribution >= 0.6 is 0 Å². The minimum absolute atomic E-state index is 0. The van der Waals surface area contributed by atoms with E-state index in [4.69, 9.17) is 9.47 Å². The monoisotopic (exact) mass is 383 g/mol. The first-order valence-electron chi connectivity index (χ1n) is 7.39. The number of pyridine rings is 1. The largest absolute Gasteiger partial charge is 1.00 e. The summed E-state index contributed by atoms with van der Waals surface area (Å²) in [6.07, 6.45) is 1.73. The smallest absolute Gasteiger partial charge is 0.612 e. The van der Waals surface area contributed by atoms with Crippen molar-refractivity contribution in [1.29, 1.82) is 0 Å². The summed E-state index contributed by atoms with van der Waals surface area (Å²) >= 11 is -1.38. The molecule has 1 aromatic carbocycles. The van der Waals surface area contributed by atoms with Crippen LogP contribution in [-0.2, 0) is 16.9 Å². The fourth-order valence-corrected chi connectivity index (χ4v) is 3.62. The molecule has 2 heterocycles. The number of methoxy groups -OCH3 is 2. The normalized spacial score (nSPS) is 11.9. The van der Waals surface area contributed by atoms with Gasteiger partial charge in [-0.3, -0.25) is 4.98 Å². The van der Waals surface area contributed by atoms with Gasteiger partial charge < -0.3 is 24.0 Å². The Morgan fingerprint density at radius 1 is 1.20 bits per heavy atom. The van der Waals surface area contributed by atoms with Crippen LogP contribution in [0.15, 0.2) is 29.6 Å². The number of imidazole rings is 1. The molecule has 1 unspecified atom stereocenters. The van der Waals surface area contributed by atoms with E-state index in [2.05, 4.69) is 15.0 Å². The molecule has 1 atom stereocenters. The molecule has 25 heavy (non-hydrogen) atoms. The minimum Gasteiger partial charge on any atom is -0.612 e. The Labute approximate surface area is 192 Å². The molecular formula is C17H18KN3O3S. The van der Waals surface area contributed by atoms with E-state index in [-0.39, 0.29) is 57.1 Å². The maximum absolute atomic E-state index is 12.6. The second kappa shape index (κ2) is 8.85. The number of nitrogens with zero attached hydrogens (tertiary/aromatic N) is 3. The van der Waals surface area contributed by atoms with Crippen LogP contribution in [0.25, 0.3) is 11.0 Å².